The fraction of sp³-hybridized carbons (Fsp3) is 0.462. The zero-order valence-electron chi connectivity index (χ0n) is 10.2. The third kappa shape index (κ3) is 3.66. The van der Waals surface area contributed by atoms with Crippen LogP contribution < -0.4 is 11.1 Å². The van der Waals surface area contributed by atoms with E-state index < -0.39 is 0 Å². The Morgan fingerprint density at radius 3 is 2.38 bits per heavy atom. The van der Waals surface area contributed by atoms with Gasteiger partial charge in [0.05, 0.1) is 0 Å². The van der Waals surface area contributed by atoms with Crippen LogP contribution in [0.25, 0.3) is 0 Å². The second-order valence-electron chi connectivity index (χ2n) is 4.48. The maximum Gasteiger partial charge on any atom is 0.251 e. The van der Waals surface area contributed by atoms with Gasteiger partial charge in [-0.3, -0.25) is 4.79 Å². The molecule has 0 saturated heterocycles. The van der Waals surface area contributed by atoms with Crippen LogP contribution in [0.2, 0.25) is 0 Å². The lowest BCUT2D eigenvalue weighted by atomic mass is 10.1. The monoisotopic (exact) mass is 220 g/mol. The Bertz CT molecular complexity index is 343. The first kappa shape index (κ1) is 12.7. The molecule has 0 spiro atoms. The predicted octanol–water partition coefficient (Wildman–Crippen LogP) is 1.71. The number of hydrogen-bond donors (Lipinski definition) is 2. The third-order valence-electron chi connectivity index (χ3n) is 2.67. The number of nitrogens with two attached hydrogens (primary N) is 1. The normalized spacial score (nSPS) is 12.6. The van der Waals surface area contributed by atoms with Crippen molar-refractivity contribution in [1.29, 1.82) is 0 Å². The first-order valence-electron chi connectivity index (χ1n) is 5.61. The van der Waals surface area contributed by atoms with Gasteiger partial charge < -0.3 is 11.1 Å². The second kappa shape index (κ2) is 5.66. The number of carbonyl (C=O) groups excluding carboxylic acids is 1. The fourth-order valence-corrected chi connectivity index (χ4v) is 1.25. The van der Waals surface area contributed by atoms with Gasteiger partial charge in [0.2, 0.25) is 0 Å². The molecule has 0 heterocycles. The summed E-state index contributed by atoms with van der Waals surface area (Å²) in [6.07, 6.45) is 0. The van der Waals surface area contributed by atoms with Gasteiger partial charge in [-0.15, -0.1) is 0 Å². The lowest BCUT2D eigenvalue weighted by Crippen LogP contribution is -2.40. The molecule has 1 atom stereocenters. The molecule has 0 fully saturated rings. The average molecular weight is 220 g/mol. The molecule has 1 aromatic carbocycles. The van der Waals surface area contributed by atoms with Crippen molar-refractivity contribution < 1.29 is 4.79 Å². The summed E-state index contributed by atoms with van der Waals surface area (Å²) in [6, 6.07) is 7.51. The van der Waals surface area contributed by atoms with Crippen LogP contribution in [-0.4, -0.2) is 18.5 Å². The van der Waals surface area contributed by atoms with Crippen LogP contribution in [0.3, 0.4) is 0 Å². The van der Waals surface area contributed by atoms with Crippen molar-refractivity contribution in [2.24, 2.45) is 11.7 Å². The van der Waals surface area contributed by atoms with Gasteiger partial charge in [-0.2, -0.15) is 0 Å². The van der Waals surface area contributed by atoms with Crippen LogP contribution in [0.5, 0.6) is 0 Å². The number of rotatable bonds is 4. The van der Waals surface area contributed by atoms with E-state index in [-0.39, 0.29) is 11.9 Å². The highest BCUT2D eigenvalue weighted by molar-refractivity contribution is 5.94. The van der Waals surface area contributed by atoms with Gasteiger partial charge in [-0.25, -0.2) is 0 Å². The number of hydrogen-bond acceptors (Lipinski definition) is 2. The summed E-state index contributed by atoms with van der Waals surface area (Å²) in [6.45, 7) is 6.60. The Kier molecular flexibility index (Phi) is 4.50. The van der Waals surface area contributed by atoms with Gasteiger partial charge in [0.25, 0.3) is 5.91 Å². The van der Waals surface area contributed by atoms with Crippen molar-refractivity contribution in [3.8, 4) is 0 Å². The average Bonchev–Trinajstić information content (AvgIpc) is 2.26. The van der Waals surface area contributed by atoms with Crippen LogP contribution in [0.1, 0.15) is 29.8 Å². The van der Waals surface area contributed by atoms with Crippen LogP contribution >= 0.6 is 0 Å². The Morgan fingerprint density at radius 1 is 1.31 bits per heavy atom. The molecule has 3 nitrogen and oxygen atoms in total. The van der Waals surface area contributed by atoms with Crippen molar-refractivity contribution in [3.05, 3.63) is 35.4 Å². The largest absolute Gasteiger partial charge is 0.350 e. The Hall–Kier alpha value is -1.35. The van der Waals surface area contributed by atoms with E-state index in [1.54, 1.807) is 0 Å². The Labute approximate surface area is 97.0 Å². The molecule has 1 rings (SSSR count). The highest BCUT2D eigenvalue weighted by atomic mass is 16.1. The number of benzene rings is 1. The number of carbonyl (C=O) groups is 1. The first-order chi connectivity index (χ1) is 7.50. The summed E-state index contributed by atoms with van der Waals surface area (Å²) >= 11 is 0. The van der Waals surface area contributed by atoms with E-state index in [2.05, 4.69) is 5.32 Å². The molecule has 0 aliphatic carbocycles. The molecule has 0 bridgehead atoms. The molecule has 88 valence electrons. The maximum atomic E-state index is 11.7. The molecule has 16 heavy (non-hydrogen) atoms. The number of nitrogens with one attached hydrogen (secondary N) is 1. The SMILES string of the molecule is Cc1ccc(C(=O)NCC(N)C(C)C)cc1. The van der Waals surface area contributed by atoms with E-state index in [4.69, 9.17) is 5.73 Å². The van der Waals surface area contributed by atoms with Gasteiger partial charge in [-0.1, -0.05) is 31.5 Å². The molecule has 3 N–H and O–H groups in total. The van der Waals surface area contributed by atoms with Crippen molar-refractivity contribution in [1.82, 2.24) is 5.32 Å². The van der Waals surface area contributed by atoms with Crippen molar-refractivity contribution in [3.63, 3.8) is 0 Å². The van der Waals surface area contributed by atoms with Gasteiger partial charge in [0.1, 0.15) is 0 Å². The van der Waals surface area contributed by atoms with Gasteiger partial charge in [0.15, 0.2) is 0 Å². The molecule has 3 heteroatoms. The minimum absolute atomic E-state index is 0.00870. The van der Waals surface area contributed by atoms with E-state index in [9.17, 15) is 4.79 Å². The summed E-state index contributed by atoms with van der Waals surface area (Å²) in [4.78, 5) is 11.7. The standard InChI is InChI=1S/C13H20N2O/c1-9(2)12(14)8-15-13(16)11-6-4-10(3)5-7-11/h4-7,9,12H,8,14H2,1-3H3,(H,15,16). The highest BCUT2D eigenvalue weighted by Gasteiger charge is 2.10. The summed E-state index contributed by atoms with van der Waals surface area (Å²) in [5, 5.41) is 2.84. The molecule has 0 aromatic heterocycles. The molecule has 1 unspecified atom stereocenters. The van der Waals surface area contributed by atoms with E-state index in [0.717, 1.165) is 5.56 Å². The van der Waals surface area contributed by atoms with E-state index >= 15 is 0 Å². The summed E-state index contributed by atoms with van der Waals surface area (Å²) in [5.41, 5.74) is 7.68. The summed E-state index contributed by atoms with van der Waals surface area (Å²) in [7, 11) is 0. The summed E-state index contributed by atoms with van der Waals surface area (Å²) < 4.78 is 0. The van der Waals surface area contributed by atoms with Crippen molar-refractivity contribution in [2.75, 3.05) is 6.54 Å². The van der Waals surface area contributed by atoms with Gasteiger partial charge >= 0.3 is 0 Å². The van der Waals surface area contributed by atoms with E-state index in [1.165, 1.54) is 0 Å². The second-order valence-corrected chi connectivity index (χ2v) is 4.48. The van der Waals surface area contributed by atoms with E-state index in [0.29, 0.717) is 18.0 Å². The smallest absolute Gasteiger partial charge is 0.251 e. The molecule has 0 radical (unpaired) electrons. The molecule has 0 aliphatic rings. The Morgan fingerprint density at radius 2 is 1.88 bits per heavy atom. The van der Waals surface area contributed by atoms with Crippen LogP contribution in [0.4, 0.5) is 0 Å². The van der Waals surface area contributed by atoms with Crippen LogP contribution in [0.15, 0.2) is 24.3 Å². The van der Waals surface area contributed by atoms with E-state index in [1.807, 2.05) is 45.0 Å². The predicted molar refractivity (Wildman–Crippen MR) is 66.3 cm³/mol. The number of amides is 1. The topological polar surface area (TPSA) is 55.1 Å². The summed E-state index contributed by atoms with van der Waals surface area (Å²) in [5.74, 6) is 0.314. The van der Waals surface area contributed by atoms with Gasteiger partial charge in [0, 0.05) is 18.2 Å². The lowest BCUT2D eigenvalue weighted by Gasteiger charge is -2.16. The molecular formula is C13H20N2O. The molecule has 1 aromatic rings. The third-order valence-corrected chi connectivity index (χ3v) is 2.67. The first-order valence-corrected chi connectivity index (χ1v) is 5.61. The minimum atomic E-state index is -0.0592. The zero-order valence-corrected chi connectivity index (χ0v) is 10.2. The van der Waals surface area contributed by atoms with Crippen LogP contribution in [0, 0.1) is 12.8 Å². The highest BCUT2D eigenvalue weighted by Crippen LogP contribution is 2.03. The molecule has 0 aliphatic heterocycles. The van der Waals surface area contributed by atoms with Crippen molar-refractivity contribution in [2.45, 2.75) is 26.8 Å². The molecular weight excluding hydrogens is 200 g/mol. The lowest BCUT2D eigenvalue weighted by molar-refractivity contribution is 0.0949. The zero-order chi connectivity index (χ0) is 12.1. The Balaban J connectivity index is 2.50. The maximum absolute atomic E-state index is 11.7. The van der Waals surface area contributed by atoms with Gasteiger partial charge in [-0.05, 0) is 25.0 Å². The molecule has 0 saturated carbocycles. The number of aryl methyl sites for hydroxylation is 1. The fourth-order valence-electron chi connectivity index (χ4n) is 1.25. The molecule has 1 amide bonds. The quantitative estimate of drug-likeness (QED) is 0.811. The van der Waals surface area contributed by atoms with Crippen molar-refractivity contribution >= 4 is 5.91 Å². The van der Waals surface area contributed by atoms with Crippen LogP contribution in [-0.2, 0) is 0 Å². The minimum Gasteiger partial charge on any atom is -0.350 e.